The molecule has 0 spiro atoms. The summed E-state index contributed by atoms with van der Waals surface area (Å²) >= 11 is 6.12. The van der Waals surface area contributed by atoms with Crippen LogP contribution in [0.4, 0.5) is 0 Å². The molecule has 2 N–H and O–H groups in total. The average Bonchev–Trinajstić information content (AvgIpc) is 2.38. The first-order chi connectivity index (χ1) is 9.46. The van der Waals surface area contributed by atoms with E-state index in [1.54, 1.807) is 12.1 Å². The normalized spacial score (nSPS) is 26.2. The van der Waals surface area contributed by atoms with E-state index in [4.69, 9.17) is 11.6 Å². The highest BCUT2D eigenvalue weighted by Gasteiger charge is 2.36. The van der Waals surface area contributed by atoms with Crippen LogP contribution in [0.3, 0.4) is 0 Å². The Kier molecular flexibility index (Phi) is 4.59. The molecular weight excluding hydrogens is 274 g/mol. The third-order valence-corrected chi connectivity index (χ3v) is 4.64. The zero-order valence-corrected chi connectivity index (χ0v) is 12.8. The van der Waals surface area contributed by atoms with Gasteiger partial charge in [0.1, 0.15) is 5.75 Å². The Labute approximate surface area is 125 Å². The van der Waals surface area contributed by atoms with E-state index in [0.29, 0.717) is 17.4 Å². The van der Waals surface area contributed by atoms with Crippen LogP contribution in [0.1, 0.15) is 48.5 Å². The lowest BCUT2D eigenvalue weighted by molar-refractivity contribution is 0.0864. The van der Waals surface area contributed by atoms with Gasteiger partial charge in [-0.05, 0) is 43.4 Å². The summed E-state index contributed by atoms with van der Waals surface area (Å²) in [5, 5.41) is 13.0. The number of phenols is 1. The summed E-state index contributed by atoms with van der Waals surface area (Å²) in [6, 6.07) is 5.09. The third-order valence-electron chi connectivity index (χ3n) is 4.12. The highest BCUT2D eigenvalue weighted by atomic mass is 35.5. The zero-order chi connectivity index (χ0) is 14.8. The van der Waals surface area contributed by atoms with Gasteiger partial charge in [0.15, 0.2) is 0 Å². The molecule has 1 aliphatic rings. The van der Waals surface area contributed by atoms with Gasteiger partial charge in [-0.1, -0.05) is 25.8 Å². The van der Waals surface area contributed by atoms with Gasteiger partial charge in [-0.2, -0.15) is 0 Å². The molecule has 1 saturated carbocycles. The van der Waals surface area contributed by atoms with Gasteiger partial charge in [0.2, 0.25) is 0 Å². The van der Waals surface area contributed by atoms with Crippen LogP contribution in [0.5, 0.6) is 5.75 Å². The van der Waals surface area contributed by atoms with Crippen molar-refractivity contribution in [3.05, 3.63) is 29.3 Å². The molecule has 4 heteroatoms. The smallest absolute Gasteiger partial charge is 0.255 e. The molecule has 0 aliphatic heterocycles. The summed E-state index contributed by atoms with van der Waals surface area (Å²) < 4.78 is 0. The van der Waals surface area contributed by atoms with E-state index < -0.39 is 0 Å². The summed E-state index contributed by atoms with van der Waals surface area (Å²) in [6.45, 7) is 4.07. The molecule has 1 aliphatic carbocycles. The van der Waals surface area contributed by atoms with Gasteiger partial charge >= 0.3 is 0 Å². The number of carbonyl (C=O) groups is 1. The van der Waals surface area contributed by atoms with Gasteiger partial charge in [-0.3, -0.25) is 4.79 Å². The molecule has 0 heterocycles. The maximum absolute atomic E-state index is 12.4. The van der Waals surface area contributed by atoms with E-state index in [2.05, 4.69) is 12.2 Å². The van der Waals surface area contributed by atoms with Crippen molar-refractivity contribution in [1.82, 2.24) is 5.32 Å². The topological polar surface area (TPSA) is 49.3 Å². The van der Waals surface area contributed by atoms with E-state index in [1.807, 2.05) is 13.0 Å². The Morgan fingerprint density at radius 2 is 2.30 bits per heavy atom. The lowest BCUT2D eigenvalue weighted by Gasteiger charge is -2.39. The molecule has 110 valence electrons. The second-order valence-corrected chi connectivity index (χ2v) is 6.36. The standard InChI is InChI=1S/C16H22ClNO2/c1-11-5-6-13(14(19)8-11)15(20)18-16(10-17)7-3-4-12(2)9-16/h5-6,8,12,19H,3-4,7,9-10H2,1-2H3,(H,18,20). The maximum atomic E-state index is 12.4. The molecule has 1 aromatic rings. The lowest BCUT2D eigenvalue weighted by atomic mass is 9.77. The fraction of sp³-hybridized carbons (Fsp3) is 0.562. The monoisotopic (exact) mass is 295 g/mol. The lowest BCUT2D eigenvalue weighted by Crippen LogP contribution is -2.52. The predicted molar refractivity (Wildman–Crippen MR) is 81.4 cm³/mol. The van der Waals surface area contributed by atoms with Gasteiger partial charge in [-0.25, -0.2) is 0 Å². The van der Waals surface area contributed by atoms with Crippen molar-refractivity contribution >= 4 is 17.5 Å². The maximum Gasteiger partial charge on any atom is 0.255 e. The van der Waals surface area contributed by atoms with Crippen LogP contribution in [0.25, 0.3) is 0 Å². The summed E-state index contributed by atoms with van der Waals surface area (Å²) in [5.74, 6) is 0.762. The van der Waals surface area contributed by atoms with E-state index in [9.17, 15) is 9.90 Å². The Bertz CT molecular complexity index is 503. The van der Waals surface area contributed by atoms with Gasteiger partial charge in [0.25, 0.3) is 5.91 Å². The number of benzene rings is 1. The molecule has 2 unspecified atom stereocenters. The minimum absolute atomic E-state index is 0.0241. The van der Waals surface area contributed by atoms with Crippen LogP contribution in [0.15, 0.2) is 18.2 Å². The second kappa shape index (κ2) is 6.04. The van der Waals surface area contributed by atoms with Crippen molar-refractivity contribution in [2.75, 3.05) is 5.88 Å². The quantitative estimate of drug-likeness (QED) is 0.837. The molecule has 0 saturated heterocycles. The fourth-order valence-electron chi connectivity index (χ4n) is 3.07. The van der Waals surface area contributed by atoms with E-state index in [0.717, 1.165) is 24.8 Å². The number of aromatic hydroxyl groups is 1. The van der Waals surface area contributed by atoms with Crippen LogP contribution in [-0.4, -0.2) is 22.4 Å². The Morgan fingerprint density at radius 3 is 2.90 bits per heavy atom. The van der Waals surface area contributed by atoms with Crippen molar-refractivity contribution < 1.29 is 9.90 Å². The van der Waals surface area contributed by atoms with Crippen molar-refractivity contribution in [3.8, 4) is 5.75 Å². The van der Waals surface area contributed by atoms with Gasteiger partial charge in [0, 0.05) is 5.88 Å². The largest absolute Gasteiger partial charge is 0.507 e. The van der Waals surface area contributed by atoms with Crippen molar-refractivity contribution in [2.24, 2.45) is 5.92 Å². The summed E-state index contributed by atoms with van der Waals surface area (Å²) in [6.07, 6.45) is 4.06. The van der Waals surface area contributed by atoms with E-state index >= 15 is 0 Å². The number of hydrogen-bond donors (Lipinski definition) is 2. The van der Waals surface area contributed by atoms with Crippen LogP contribution < -0.4 is 5.32 Å². The number of nitrogens with one attached hydrogen (secondary N) is 1. The van der Waals surface area contributed by atoms with Crippen molar-refractivity contribution in [1.29, 1.82) is 0 Å². The Hall–Kier alpha value is -1.22. The molecule has 20 heavy (non-hydrogen) atoms. The van der Waals surface area contributed by atoms with E-state index in [1.165, 1.54) is 6.42 Å². The van der Waals surface area contributed by atoms with E-state index in [-0.39, 0.29) is 17.2 Å². The second-order valence-electron chi connectivity index (χ2n) is 6.09. The number of rotatable bonds is 3. The Balaban J connectivity index is 2.16. The minimum Gasteiger partial charge on any atom is -0.507 e. The highest BCUT2D eigenvalue weighted by molar-refractivity contribution is 6.19. The van der Waals surface area contributed by atoms with Gasteiger partial charge in [0.05, 0.1) is 11.1 Å². The van der Waals surface area contributed by atoms with Crippen molar-refractivity contribution in [3.63, 3.8) is 0 Å². The van der Waals surface area contributed by atoms with Gasteiger partial charge in [-0.15, -0.1) is 11.6 Å². The molecular formula is C16H22ClNO2. The zero-order valence-electron chi connectivity index (χ0n) is 12.1. The number of hydrogen-bond acceptors (Lipinski definition) is 2. The number of aryl methyl sites for hydroxylation is 1. The summed E-state index contributed by atoms with van der Waals surface area (Å²) in [4.78, 5) is 12.4. The average molecular weight is 296 g/mol. The van der Waals surface area contributed by atoms with Crippen LogP contribution in [0.2, 0.25) is 0 Å². The number of carbonyl (C=O) groups excluding carboxylic acids is 1. The summed E-state index contributed by atoms with van der Waals surface area (Å²) in [5.41, 5.74) is 0.906. The van der Waals surface area contributed by atoms with Crippen LogP contribution in [-0.2, 0) is 0 Å². The first kappa shape index (κ1) is 15.2. The van der Waals surface area contributed by atoms with Gasteiger partial charge < -0.3 is 10.4 Å². The first-order valence-corrected chi connectivity index (χ1v) is 7.67. The van der Waals surface area contributed by atoms with Crippen LogP contribution >= 0.6 is 11.6 Å². The molecule has 1 amide bonds. The Morgan fingerprint density at radius 1 is 1.55 bits per heavy atom. The molecule has 0 radical (unpaired) electrons. The molecule has 1 aromatic carbocycles. The highest BCUT2D eigenvalue weighted by Crippen LogP contribution is 2.33. The number of amides is 1. The SMILES string of the molecule is Cc1ccc(C(=O)NC2(CCl)CCCC(C)C2)c(O)c1. The molecule has 2 rings (SSSR count). The molecule has 3 nitrogen and oxygen atoms in total. The van der Waals surface area contributed by atoms with Crippen LogP contribution in [0, 0.1) is 12.8 Å². The third kappa shape index (κ3) is 3.26. The molecule has 0 aromatic heterocycles. The first-order valence-electron chi connectivity index (χ1n) is 7.14. The predicted octanol–water partition coefficient (Wildman–Crippen LogP) is 3.62. The molecule has 0 bridgehead atoms. The molecule has 1 fully saturated rings. The fourth-order valence-corrected chi connectivity index (χ4v) is 3.38. The molecule has 2 atom stereocenters. The number of phenolic OH excluding ortho intramolecular Hbond substituents is 1. The van der Waals surface area contributed by atoms with Crippen molar-refractivity contribution in [2.45, 2.75) is 45.1 Å². The number of halogens is 1. The minimum atomic E-state index is -0.340. The number of alkyl halides is 1. The summed E-state index contributed by atoms with van der Waals surface area (Å²) in [7, 11) is 0.